The Morgan fingerprint density at radius 1 is 1.04 bits per heavy atom. The van der Waals surface area contributed by atoms with Crippen molar-refractivity contribution in [1.29, 1.82) is 0 Å². The van der Waals surface area contributed by atoms with Crippen LogP contribution in [0.5, 0.6) is 0 Å². The summed E-state index contributed by atoms with van der Waals surface area (Å²) in [7, 11) is 0. The Hall–Kier alpha value is -2.47. The summed E-state index contributed by atoms with van der Waals surface area (Å²) in [6, 6.07) is 8.74. The summed E-state index contributed by atoms with van der Waals surface area (Å²) < 4.78 is 13.2. The fourth-order valence-corrected chi connectivity index (χ4v) is 3.14. The van der Waals surface area contributed by atoms with Gasteiger partial charge < -0.3 is 10.6 Å². The van der Waals surface area contributed by atoms with Crippen LogP contribution >= 0.6 is 11.6 Å². The van der Waals surface area contributed by atoms with Crippen LogP contribution in [0, 0.1) is 5.82 Å². The molecule has 1 saturated carbocycles. The summed E-state index contributed by atoms with van der Waals surface area (Å²) in [6.07, 6.45) is 5.37. The minimum atomic E-state index is -0.566. The molecule has 0 atom stereocenters. The van der Waals surface area contributed by atoms with Crippen LogP contribution in [0.4, 0.5) is 10.1 Å². The van der Waals surface area contributed by atoms with Crippen LogP contribution in [0.1, 0.15) is 53.1 Å². The number of aromatic nitrogens is 1. The predicted octanol–water partition coefficient (Wildman–Crippen LogP) is 4.19. The van der Waals surface area contributed by atoms with Gasteiger partial charge in [0.05, 0.1) is 5.02 Å². The molecule has 7 heteroatoms. The quantitative estimate of drug-likeness (QED) is 0.841. The van der Waals surface area contributed by atoms with Crippen molar-refractivity contribution in [2.45, 2.75) is 38.1 Å². The van der Waals surface area contributed by atoms with Crippen molar-refractivity contribution in [2.75, 3.05) is 5.32 Å². The molecule has 26 heavy (non-hydrogen) atoms. The average molecular weight is 376 g/mol. The minimum absolute atomic E-state index is 0.0867. The van der Waals surface area contributed by atoms with E-state index < -0.39 is 11.7 Å². The minimum Gasteiger partial charge on any atom is -0.348 e. The third-order valence-corrected chi connectivity index (χ3v) is 4.62. The van der Waals surface area contributed by atoms with E-state index in [1.807, 2.05) is 0 Å². The Labute approximate surface area is 156 Å². The fourth-order valence-electron chi connectivity index (χ4n) is 2.96. The standard InChI is InChI=1S/C19H19ClFN3O2/c20-14-11-13(9-10-15(14)21)23-19(26)17-8-4-7-16(24-17)18(25)22-12-5-2-1-3-6-12/h4,7-12H,1-3,5-6H2,(H,22,25)(H,23,26). The van der Waals surface area contributed by atoms with E-state index in [2.05, 4.69) is 15.6 Å². The van der Waals surface area contributed by atoms with Gasteiger partial charge in [-0.2, -0.15) is 0 Å². The van der Waals surface area contributed by atoms with E-state index in [1.54, 1.807) is 12.1 Å². The molecule has 2 aromatic rings. The van der Waals surface area contributed by atoms with Crippen molar-refractivity contribution < 1.29 is 14.0 Å². The Morgan fingerprint density at radius 3 is 2.42 bits per heavy atom. The topological polar surface area (TPSA) is 71.1 Å². The van der Waals surface area contributed by atoms with E-state index >= 15 is 0 Å². The van der Waals surface area contributed by atoms with E-state index in [0.717, 1.165) is 25.7 Å². The molecule has 1 aromatic heterocycles. The summed E-state index contributed by atoms with van der Waals surface area (Å²) in [5, 5.41) is 5.48. The van der Waals surface area contributed by atoms with Crippen LogP contribution in [0.15, 0.2) is 36.4 Å². The molecule has 0 unspecified atom stereocenters. The second-order valence-electron chi connectivity index (χ2n) is 6.30. The van der Waals surface area contributed by atoms with Crippen molar-refractivity contribution in [1.82, 2.24) is 10.3 Å². The van der Waals surface area contributed by atoms with Crippen molar-refractivity contribution in [2.24, 2.45) is 0 Å². The average Bonchev–Trinajstić information content (AvgIpc) is 2.65. The van der Waals surface area contributed by atoms with Gasteiger partial charge in [0.25, 0.3) is 11.8 Å². The maximum absolute atomic E-state index is 13.2. The third kappa shape index (κ3) is 4.58. The van der Waals surface area contributed by atoms with Crippen LogP contribution in [0.3, 0.4) is 0 Å². The number of carbonyl (C=O) groups excluding carboxylic acids is 2. The van der Waals surface area contributed by atoms with Gasteiger partial charge in [-0.25, -0.2) is 9.37 Å². The van der Waals surface area contributed by atoms with Gasteiger partial charge in [-0.1, -0.05) is 36.9 Å². The lowest BCUT2D eigenvalue weighted by atomic mass is 9.95. The van der Waals surface area contributed by atoms with Crippen LogP contribution in [-0.2, 0) is 0 Å². The molecule has 0 aliphatic heterocycles. The number of carbonyl (C=O) groups is 2. The summed E-state index contributed by atoms with van der Waals surface area (Å²) >= 11 is 5.71. The van der Waals surface area contributed by atoms with Gasteiger partial charge in [-0.15, -0.1) is 0 Å². The summed E-state index contributed by atoms with van der Waals surface area (Å²) in [5.74, 6) is -1.35. The first-order chi connectivity index (χ1) is 12.5. The molecule has 0 saturated heterocycles. The number of amides is 2. The molecule has 136 valence electrons. The molecule has 1 aromatic carbocycles. The first-order valence-corrected chi connectivity index (χ1v) is 8.95. The van der Waals surface area contributed by atoms with Crippen LogP contribution in [0.2, 0.25) is 5.02 Å². The third-order valence-electron chi connectivity index (χ3n) is 4.33. The van der Waals surface area contributed by atoms with Gasteiger partial charge in [0, 0.05) is 11.7 Å². The number of rotatable bonds is 4. The number of nitrogens with zero attached hydrogens (tertiary/aromatic N) is 1. The Kier molecular flexibility index (Phi) is 5.83. The highest BCUT2D eigenvalue weighted by molar-refractivity contribution is 6.31. The number of pyridine rings is 1. The maximum atomic E-state index is 13.2. The molecule has 1 aliphatic carbocycles. The maximum Gasteiger partial charge on any atom is 0.274 e. The number of hydrogen-bond donors (Lipinski definition) is 2. The molecular weight excluding hydrogens is 357 g/mol. The molecule has 0 bridgehead atoms. The molecule has 3 rings (SSSR count). The summed E-state index contributed by atoms with van der Waals surface area (Å²) in [4.78, 5) is 28.8. The highest BCUT2D eigenvalue weighted by Crippen LogP contribution is 2.20. The summed E-state index contributed by atoms with van der Waals surface area (Å²) in [5.41, 5.74) is 0.641. The molecule has 0 spiro atoms. The smallest absolute Gasteiger partial charge is 0.274 e. The van der Waals surface area contributed by atoms with Crippen LogP contribution in [0.25, 0.3) is 0 Å². The molecular formula is C19H19ClFN3O2. The molecule has 1 fully saturated rings. The Balaban J connectivity index is 1.68. The number of halogens is 2. The number of benzene rings is 1. The zero-order valence-corrected chi connectivity index (χ0v) is 14.9. The highest BCUT2D eigenvalue weighted by Gasteiger charge is 2.18. The van der Waals surface area contributed by atoms with E-state index in [0.29, 0.717) is 5.69 Å². The lowest BCUT2D eigenvalue weighted by Gasteiger charge is -2.22. The van der Waals surface area contributed by atoms with Gasteiger partial charge in [-0.3, -0.25) is 9.59 Å². The van der Waals surface area contributed by atoms with E-state index in [-0.39, 0.29) is 28.4 Å². The number of hydrogen-bond acceptors (Lipinski definition) is 3. The van der Waals surface area contributed by atoms with Crippen molar-refractivity contribution in [3.05, 3.63) is 58.6 Å². The van der Waals surface area contributed by atoms with Crippen molar-refractivity contribution >= 4 is 29.1 Å². The van der Waals surface area contributed by atoms with E-state index in [1.165, 1.54) is 30.7 Å². The second kappa shape index (κ2) is 8.27. The highest BCUT2D eigenvalue weighted by atomic mass is 35.5. The largest absolute Gasteiger partial charge is 0.348 e. The number of nitrogens with one attached hydrogen (secondary N) is 2. The Bertz CT molecular complexity index is 822. The van der Waals surface area contributed by atoms with Gasteiger partial charge in [0.1, 0.15) is 17.2 Å². The van der Waals surface area contributed by atoms with Gasteiger partial charge in [-0.05, 0) is 43.2 Å². The van der Waals surface area contributed by atoms with Gasteiger partial charge in [0.2, 0.25) is 0 Å². The molecule has 2 amide bonds. The first-order valence-electron chi connectivity index (χ1n) is 8.57. The Morgan fingerprint density at radius 2 is 1.73 bits per heavy atom. The van der Waals surface area contributed by atoms with E-state index in [9.17, 15) is 14.0 Å². The lowest BCUT2D eigenvalue weighted by Crippen LogP contribution is -2.36. The lowest BCUT2D eigenvalue weighted by molar-refractivity contribution is 0.0922. The molecule has 1 heterocycles. The van der Waals surface area contributed by atoms with Crippen molar-refractivity contribution in [3.8, 4) is 0 Å². The molecule has 2 N–H and O–H groups in total. The first kappa shape index (κ1) is 18.3. The van der Waals surface area contributed by atoms with Gasteiger partial charge in [0.15, 0.2) is 0 Å². The normalized spacial score (nSPS) is 14.7. The molecule has 0 radical (unpaired) electrons. The van der Waals surface area contributed by atoms with E-state index in [4.69, 9.17) is 11.6 Å². The van der Waals surface area contributed by atoms with Crippen molar-refractivity contribution in [3.63, 3.8) is 0 Å². The second-order valence-corrected chi connectivity index (χ2v) is 6.71. The number of anilines is 1. The zero-order chi connectivity index (χ0) is 18.5. The fraction of sp³-hybridized carbons (Fsp3) is 0.316. The summed E-state index contributed by atoms with van der Waals surface area (Å²) in [6.45, 7) is 0. The van der Waals surface area contributed by atoms with Crippen LogP contribution < -0.4 is 10.6 Å². The SMILES string of the molecule is O=C(Nc1ccc(F)c(Cl)c1)c1cccc(C(=O)NC2CCCCC2)n1. The molecule has 5 nitrogen and oxygen atoms in total. The zero-order valence-electron chi connectivity index (χ0n) is 14.1. The monoisotopic (exact) mass is 375 g/mol. The van der Waals surface area contributed by atoms with Gasteiger partial charge >= 0.3 is 0 Å². The van der Waals surface area contributed by atoms with Crippen LogP contribution in [-0.4, -0.2) is 22.8 Å². The predicted molar refractivity (Wildman–Crippen MR) is 97.9 cm³/mol. The molecule has 1 aliphatic rings.